The summed E-state index contributed by atoms with van der Waals surface area (Å²) in [5.41, 5.74) is 6.07. The van der Waals surface area contributed by atoms with Gasteiger partial charge in [0, 0.05) is 5.75 Å². The van der Waals surface area contributed by atoms with Crippen LogP contribution in [0.1, 0.15) is 6.42 Å². The summed E-state index contributed by atoms with van der Waals surface area (Å²) in [7, 11) is -4.15. The Kier molecular flexibility index (Phi) is 9.78. The maximum absolute atomic E-state index is 10.3. The van der Waals surface area contributed by atoms with Gasteiger partial charge in [-0.15, -0.1) is 0 Å². The Hall–Kier alpha value is -0.310. The molecule has 0 amide bonds. The van der Waals surface area contributed by atoms with Gasteiger partial charge in [-0.2, -0.15) is 0 Å². The van der Waals surface area contributed by atoms with Crippen molar-refractivity contribution in [1.29, 1.82) is 0 Å². The predicted molar refractivity (Wildman–Crippen MR) is 59.1 cm³/mol. The fraction of sp³-hybridized carbons (Fsp3) is 0.333. The van der Waals surface area contributed by atoms with Gasteiger partial charge in [-0.25, -0.2) is 8.42 Å². The summed E-state index contributed by atoms with van der Waals surface area (Å²) < 4.78 is 36.0. The molecule has 4 N–H and O–H groups in total. The normalized spacial score (nSPS) is 9.94. The quantitative estimate of drug-likeness (QED) is 0.261. The summed E-state index contributed by atoms with van der Waals surface area (Å²) in [4.78, 5) is 0. The van der Waals surface area contributed by atoms with Crippen molar-refractivity contribution in [3.05, 3.63) is 24.3 Å². The monoisotopic (exact) mass is 271 g/mol. The van der Waals surface area contributed by atoms with E-state index in [0.29, 0.717) is 11.4 Å². The minimum Gasteiger partial charge on any atom is -0.748 e. The Morgan fingerprint density at radius 1 is 1.29 bits per heavy atom. The molecule has 0 aliphatic rings. The Morgan fingerprint density at radius 2 is 1.88 bits per heavy atom. The molecule has 0 saturated heterocycles. The number of benzene rings is 1. The van der Waals surface area contributed by atoms with Crippen molar-refractivity contribution in [3.8, 4) is 5.75 Å². The molecule has 1 aromatic rings. The van der Waals surface area contributed by atoms with E-state index in [0.717, 1.165) is 0 Å². The van der Waals surface area contributed by atoms with Crippen LogP contribution >= 0.6 is 0 Å². The number of anilines is 1. The topological polar surface area (TPSA) is 124 Å². The third kappa shape index (κ3) is 8.42. The fourth-order valence-corrected chi connectivity index (χ4v) is 1.50. The van der Waals surface area contributed by atoms with E-state index >= 15 is 0 Å². The van der Waals surface area contributed by atoms with Gasteiger partial charge in [-0.1, -0.05) is 12.1 Å². The van der Waals surface area contributed by atoms with Crippen LogP contribution in [-0.4, -0.2) is 30.8 Å². The second kappa shape index (κ2) is 8.73. The van der Waals surface area contributed by atoms with Crippen LogP contribution in [0.3, 0.4) is 0 Å². The second-order valence-electron chi connectivity index (χ2n) is 3.00. The smallest absolute Gasteiger partial charge is 0.748 e. The van der Waals surface area contributed by atoms with Crippen molar-refractivity contribution in [3.63, 3.8) is 0 Å². The molecule has 0 bridgehead atoms. The Bertz CT molecular complexity index is 423. The van der Waals surface area contributed by atoms with Crippen molar-refractivity contribution < 1.29 is 52.7 Å². The van der Waals surface area contributed by atoms with Gasteiger partial charge in [0.25, 0.3) is 0 Å². The summed E-state index contributed by atoms with van der Waals surface area (Å²) in [5, 5.41) is 0. The molecular weight excluding hydrogens is 257 g/mol. The zero-order valence-electron chi connectivity index (χ0n) is 9.55. The summed E-state index contributed by atoms with van der Waals surface area (Å²) in [6, 6.07) is 6.89. The molecule has 1 aromatic carbocycles. The van der Waals surface area contributed by atoms with Crippen molar-refractivity contribution in [2.75, 3.05) is 18.1 Å². The molecule has 6 nitrogen and oxygen atoms in total. The van der Waals surface area contributed by atoms with Gasteiger partial charge in [0.2, 0.25) is 0 Å². The Morgan fingerprint density at radius 3 is 2.41 bits per heavy atom. The van der Waals surface area contributed by atoms with Gasteiger partial charge in [0.05, 0.1) is 22.4 Å². The average molecular weight is 271 g/mol. The maximum Gasteiger partial charge on any atom is 1.00 e. The molecule has 0 saturated carbocycles. The van der Waals surface area contributed by atoms with E-state index < -0.39 is 15.9 Å². The number of rotatable bonds is 5. The number of nitrogen functional groups attached to an aromatic ring is 1. The van der Waals surface area contributed by atoms with Crippen LogP contribution in [0.25, 0.3) is 0 Å². The summed E-state index contributed by atoms with van der Waals surface area (Å²) in [6.07, 6.45) is 0.167. The molecule has 0 unspecified atom stereocenters. The summed E-state index contributed by atoms with van der Waals surface area (Å²) >= 11 is 0. The minimum atomic E-state index is -4.15. The van der Waals surface area contributed by atoms with Gasteiger partial charge in [-0.3, -0.25) is 0 Å². The number of ether oxygens (including phenoxy) is 1. The number of para-hydroxylation sites is 2. The largest absolute Gasteiger partial charge is 1.00 e. The molecule has 0 atom stereocenters. The van der Waals surface area contributed by atoms with Gasteiger partial charge in [-0.05, 0) is 18.6 Å². The predicted octanol–water partition coefficient (Wildman–Crippen LogP) is -3.24. The van der Waals surface area contributed by atoms with E-state index in [-0.39, 0.29) is 48.1 Å². The zero-order chi connectivity index (χ0) is 11.3. The molecule has 0 aromatic heterocycles. The Labute approximate surface area is 123 Å². The first-order valence-corrected chi connectivity index (χ1v) is 5.97. The molecule has 0 spiro atoms. The Balaban J connectivity index is 0. The molecule has 0 radical (unpaired) electrons. The number of hydrogen-bond donors (Lipinski definition) is 1. The third-order valence-electron chi connectivity index (χ3n) is 1.72. The third-order valence-corrected chi connectivity index (χ3v) is 2.50. The van der Waals surface area contributed by atoms with E-state index in [1.54, 1.807) is 24.3 Å². The van der Waals surface area contributed by atoms with Crippen LogP contribution in [0.2, 0.25) is 0 Å². The van der Waals surface area contributed by atoms with Gasteiger partial charge in [0.15, 0.2) is 0 Å². The van der Waals surface area contributed by atoms with Gasteiger partial charge in [0.1, 0.15) is 5.75 Å². The molecule has 1 rings (SSSR count). The SMILES string of the molecule is Nc1ccccc1OCCCS(=O)(=O)[O-].O.[Na+]. The second-order valence-corrected chi connectivity index (χ2v) is 4.53. The summed E-state index contributed by atoms with van der Waals surface area (Å²) in [5.74, 6) is 0.0838. The average Bonchev–Trinajstić information content (AvgIpc) is 2.13. The standard InChI is InChI=1S/C9H13NO4S.Na.H2O/c10-8-4-1-2-5-9(8)14-6-3-7-15(11,12)13;;/h1-2,4-5H,3,6-7,10H2,(H,11,12,13);;1H2/q;+1;/p-1. The molecule has 92 valence electrons. The summed E-state index contributed by atoms with van der Waals surface area (Å²) in [6.45, 7) is 0.162. The van der Waals surface area contributed by atoms with Crippen LogP contribution in [0.15, 0.2) is 24.3 Å². The van der Waals surface area contributed by atoms with Crippen molar-refractivity contribution in [2.45, 2.75) is 6.42 Å². The minimum absolute atomic E-state index is 0. The van der Waals surface area contributed by atoms with E-state index in [1.165, 1.54) is 0 Å². The first-order valence-electron chi connectivity index (χ1n) is 4.40. The van der Waals surface area contributed by atoms with Crippen LogP contribution in [0, 0.1) is 0 Å². The number of hydrogen-bond acceptors (Lipinski definition) is 5. The number of nitrogens with two attached hydrogens (primary N) is 1. The van der Waals surface area contributed by atoms with Crippen molar-refractivity contribution >= 4 is 15.8 Å². The van der Waals surface area contributed by atoms with Crippen molar-refractivity contribution in [2.24, 2.45) is 0 Å². The van der Waals surface area contributed by atoms with E-state index in [2.05, 4.69) is 0 Å². The first kappa shape index (κ1) is 19.0. The van der Waals surface area contributed by atoms with E-state index in [1.807, 2.05) is 0 Å². The van der Waals surface area contributed by atoms with Gasteiger partial charge >= 0.3 is 29.6 Å². The van der Waals surface area contributed by atoms with Crippen LogP contribution in [-0.2, 0) is 10.1 Å². The van der Waals surface area contributed by atoms with Crippen LogP contribution in [0.5, 0.6) is 5.75 Å². The molecule has 0 aliphatic heterocycles. The maximum atomic E-state index is 10.3. The molecule has 17 heavy (non-hydrogen) atoms. The van der Waals surface area contributed by atoms with E-state index in [4.69, 9.17) is 10.5 Å². The van der Waals surface area contributed by atoms with Gasteiger partial charge < -0.3 is 20.5 Å². The molecule has 0 fully saturated rings. The van der Waals surface area contributed by atoms with Crippen LogP contribution in [0.4, 0.5) is 5.69 Å². The van der Waals surface area contributed by atoms with E-state index in [9.17, 15) is 13.0 Å². The van der Waals surface area contributed by atoms with Crippen molar-refractivity contribution in [1.82, 2.24) is 0 Å². The molecule has 0 heterocycles. The first-order chi connectivity index (χ1) is 6.99. The zero-order valence-corrected chi connectivity index (χ0v) is 12.4. The molecule has 8 heteroatoms. The van der Waals surface area contributed by atoms with Crippen LogP contribution < -0.4 is 40.0 Å². The molecule has 0 aliphatic carbocycles. The fourth-order valence-electron chi connectivity index (χ4n) is 1.03. The molecular formula is C9H14NNaO5S.